The first-order chi connectivity index (χ1) is 8.99. The highest BCUT2D eigenvalue weighted by Crippen LogP contribution is 2.17. The second-order valence-electron chi connectivity index (χ2n) is 4.41. The molecule has 5 nitrogen and oxygen atoms in total. The lowest BCUT2D eigenvalue weighted by molar-refractivity contribution is -0.115. The Kier molecular flexibility index (Phi) is 5.36. The predicted octanol–water partition coefficient (Wildman–Crippen LogP) is 2.52. The van der Waals surface area contributed by atoms with E-state index in [0.29, 0.717) is 11.4 Å². The SMILES string of the molecule is CCC(CC)NC(=O)N(C(C)=O)c1ccc(N)cc1. The number of hydrogen-bond donors (Lipinski definition) is 2. The number of carbonyl (C=O) groups is 2. The van der Waals surface area contributed by atoms with E-state index in [9.17, 15) is 9.59 Å². The third kappa shape index (κ3) is 3.98. The second-order valence-corrected chi connectivity index (χ2v) is 4.41. The maximum absolute atomic E-state index is 12.2. The molecule has 1 aromatic rings. The van der Waals surface area contributed by atoms with Crippen molar-refractivity contribution in [2.24, 2.45) is 0 Å². The number of urea groups is 1. The van der Waals surface area contributed by atoms with Crippen LogP contribution in [0.25, 0.3) is 0 Å². The summed E-state index contributed by atoms with van der Waals surface area (Å²) in [5.74, 6) is -0.326. The zero-order valence-corrected chi connectivity index (χ0v) is 11.6. The predicted molar refractivity (Wildman–Crippen MR) is 76.9 cm³/mol. The zero-order valence-electron chi connectivity index (χ0n) is 11.6. The Morgan fingerprint density at radius 3 is 2.16 bits per heavy atom. The van der Waals surface area contributed by atoms with E-state index in [1.165, 1.54) is 6.92 Å². The summed E-state index contributed by atoms with van der Waals surface area (Å²) in [7, 11) is 0. The van der Waals surface area contributed by atoms with E-state index in [1.807, 2.05) is 13.8 Å². The van der Waals surface area contributed by atoms with Crippen molar-refractivity contribution in [2.75, 3.05) is 10.6 Å². The minimum absolute atomic E-state index is 0.0723. The van der Waals surface area contributed by atoms with Gasteiger partial charge in [-0.2, -0.15) is 0 Å². The van der Waals surface area contributed by atoms with Gasteiger partial charge in [0.15, 0.2) is 0 Å². The first kappa shape index (κ1) is 15.0. The molecule has 0 aliphatic rings. The lowest BCUT2D eigenvalue weighted by atomic mass is 10.2. The number of rotatable bonds is 4. The minimum Gasteiger partial charge on any atom is -0.399 e. The lowest BCUT2D eigenvalue weighted by Gasteiger charge is -2.23. The minimum atomic E-state index is -0.397. The van der Waals surface area contributed by atoms with Crippen LogP contribution in [0.5, 0.6) is 0 Å². The topological polar surface area (TPSA) is 75.4 Å². The van der Waals surface area contributed by atoms with Crippen molar-refractivity contribution in [2.45, 2.75) is 39.7 Å². The fraction of sp³-hybridized carbons (Fsp3) is 0.429. The third-order valence-electron chi connectivity index (χ3n) is 2.98. The molecular formula is C14H21N3O2. The molecule has 1 rings (SSSR count). The summed E-state index contributed by atoms with van der Waals surface area (Å²) in [6.07, 6.45) is 1.66. The third-order valence-corrected chi connectivity index (χ3v) is 2.98. The summed E-state index contributed by atoms with van der Waals surface area (Å²) in [5, 5.41) is 2.85. The number of benzene rings is 1. The van der Waals surface area contributed by atoms with Crippen LogP contribution in [0.2, 0.25) is 0 Å². The maximum atomic E-state index is 12.2. The molecule has 5 heteroatoms. The van der Waals surface area contributed by atoms with Crippen molar-refractivity contribution < 1.29 is 9.59 Å². The number of imide groups is 1. The number of anilines is 2. The normalized spacial score (nSPS) is 10.3. The van der Waals surface area contributed by atoms with Crippen molar-refractivity contribution in [1.82, 2.24) is 5.32 Å². The Morgan fingerprint density at radius 2 is 1.74 bits per heavy atom. The number of hydrogen-bond acceptors (Lipinski definition) is 3. The number of nitrogens with one attached hydrogen (secondary N) is 1. The molecule has 19 heavy (non-hydrogen) atoms. The summed E-state index contributed by atoms with van der Waals surface area (Å²) < 4.78 is 0. The largest absolute Gasteiger partial charge is 0.399 e. The summed E-state index contributed by atoms with van der Waals surface area (Å²) in [5.41, 5.74) is 6.71. The van der Waals surface area contributed by atoms with Crippen LogP contribution in [-0.4, -0.2) is 18.0 Å². The Hall–Kier alpha value is -2.04. The number of nitrogen functional groups attached to an aromatic ring is 1. The molecule has 0 saturated carbocycles. The molecule has 3 amide bonds. The molecule has 0 unspecified atom stereocenters. The van der Waals surface area contributed by atoms with Crippen LogP contribution in [0.4, 0.5) is 16.2 Å². The van der Waals surface area contributed by atoms with Gasteiger partial charge in [0, 0.05) is 18.7 Å². The van der Waals surface area contributed by atoms with E-state index >= 15 is 0 Å². The smallest absolute Gasteiger partial charge is 0.328 e. The highest BCUT2D eigenvalue weighted by atomic mass is 16.2. The van der Waals surface area contributed by atoms with Gasteiger partial charge < -0.3 is 11.1 Å². The van der Waals surface area contributed by atoms with Crippen LogP contribution in [0, 0.1) is 0 Å². The molecule has 0 fully saturated rings. The summed E-state index contributed by atoms with van der Waals surface area (Å²) in [6.45, 7) is 5.36. The molecule has 0 aliphatic carbocycles. The van der Waals surface area contributed by atoms with Gasteiger partial charge in [-0.3, -0.25) is 4.79 Å². The number of nitrogens with zero attached hydrogens (tertiary/aromatic N) is 1. The average Bonchev–Trinajstić information content (AvgIpc) is 2.38. The Bertz CT molecular complexity index is 439. The van der Waals surface area contributed by atoms with Crippen molar-refractivity contribution >= 4 is 23.3 Å². The van der Waals surface area contributed by atoms with E-state index in [2.05, 4.69) is 5.32 Å². The quantitative estimate of drug-likeness (QED) is 0.819. The number of carbonyl (C=O) groups excluding carboxylic acids is 2. The van der Waals surface area contributed by atoms with Gasteiger partial charge in [-0.1, -0.05) is 13.8 Å². The summed E-state index contributed by atoms with van der Waals surface area (Å²) in [6, 6.07) is 6.31. The molecule has 0 saturated heterocycles. The molecule has 3 N–H and O–H groups in total. The molecule has 0 atom stereocenters. The fourth-order valence-electron chi connectivity index (χ4n) is 1.80. The first-order valence-corrected chi connectivity index (χ1v) is 6.46. The monoisotopic (exact) mass is 263 g/mol. The molecular weight excluding hydrogens is 242 g/mol. The van der Waals surface area contributed by atoms with Crippen molar-refractivity contribution in [1.29, 1.82) is 0 Å². The highest BCUT2D eigenvalue weighted by Gasteiger charge is 2.21. The molecule has 0 radical (unpaired) electrons. The summed E-state index contributed by atoms with van der Waals surface area (Å²) >= 11 is 0. The van der Waals surface area contributed by atoms with E-state index in [0.717, 1.165) is 17.7 Å². The first-order valence-electron chi connectivity index (χ1n) is 6.46. The van der Waals surface area contributed by atoms with Crippen molar-refractivity contribution in [3.8, 4) is 0 Å². The Morgan fingerprint density at radius 1 is 1.21 bits per heavy atom. The van der Waals surface area contributed by atoms with Crippen LogP contribution in [0.15, 0.2) is 24.3 Å². The van der Waals surface area contributed by atoms with Crippen LogP contribution >= 0.6 is 0 Å². The molecule has 0 bridgehead atoms. The standard InChI is InChI=1S/C14H21N3O2/c1-4-12(5-2)16-14(19)17(10(3)18)13-8-6-11(15)7-9-13/h6-9,12H,4-5,15H2,1-3H3,(H,16,19). The van der Waals surface area contributed by atoms with E-state index < -0.39 is 6.03 Å². The van der Waals surface area contributed by atoms with E-state index in [1.54, 1.807) is 24.3 Å². The van der Waals surface area contributed by atoms with Crippen molar-refractivity contribution in [3.63, 3.8) is 0 Å². The van der Waals surface area contributed by atoms with Crippen LogP contribution in [-0.2, 0) is 4.79 Å². The Labute approximate surface area is 113 Å². The molecule has 0 heterocycles. The second kappa shape index (κ2) is 6.78. The van der Waals surface area contributed by atoms with Crippen molar-refractivity contribution in [3.05, 3.63) is 24.3 Å². The molecule has 0 aromatic heterocycles. The molecule has 104 valence electrons. The van der Waals surface area contributed by atoms with Gasteiger partial charge in [-0.15, -0.1) is 0 Å². The van der Waals surface area contributed by atoms with Gasteiger partial charge in [-0.25, -0.2) is 9.69 Å². The highest BCUT2D eigenvalue weighted by molar-refractivity contribution is 6.13. The lowest BCUT2D eigenvalue weighted by Crippen LogP contribution is -2.46. The molecule has 0 aliphatic heterocycles. The van der Waals surface area contributed by atoms with Crippen LogP contribution in [0.3, 0.4) is 0 Å². The van der Waals surface area contributed by atoms with Gasteiger partial charge in [0.2, 0.25) is 5.91 Å². The van der Waals surface area contributed by atoms with E-state index in [4.69, 9.17) is 5.73 Å². The molecule has 0 spiro atoms. The van der Waals surface area contributed by atoms with Crippen LogP contribution < -0.4 is 16.0 Å². The van der Waals surface area contributed by atoms with Gasteiger partial charge in [0.05, 0.1) is 5.69 Å². The number of amides is 3. The van der Waals surface area contributed by atoms with Gasteiger partial charge >= 0.3 is 6.03 Å². The zero-order chi connectivity index (χ0) is 14.4. The summed E-state index contributed by atoms with van der Waals surface area (Å²) in [4.78, 5) is 24.9. The maximum Gasteiger partial charge on any atom is 0.328 e. The molecule has 1 aromatic carbocycles. The van der Waals surface area contributed by atoms with Gasteiger partial charge in [-0.05, 0) is 37.1 Å². The number of nitrogens with two attached hydrogens (primary N) is 1. The van der Waals surface area contributed by atoms with Crippen LogP contribution in [0.1, 0.15) is 33.6 Å². The van der Waals surface area contributed by atoms with Gasteiger partial charge in [0.1, 0.15) is 0 Å². The Balaban J connectivity index is 2.91. The van der Waals surface area contributed by atoms with Gasteiger partial charge in [0.25, 0.3) is 0 Å². The van der Waals surface area contributed by atoms with E-state index in [-0.39, 0.29) is 11.9 Å². The average molecular weight is 263 g/mol. The fourth-order valence-corrected chi connectivity index (χ4v) is 1.80.